The molecule has 0 saturated heterocycles. The average molecular weight is 491 g/mol. The van der Waals surface area contributed by atoms with E-state index in [1.807, 2.05) is 30.3 Å². The fourth-order valence-electron chi connectivity index (χ4n) is 4.19. The Morgan fingerprint density at radius 2 is 1.58 bits per heavy atom. The average Bonchev–Trinajstić information content (AvgIpc) is 2.75. The standard InChI is InChI=1S/C23H35N3O2S.2ClH/c24-23(20-9-2-1-3-10-20)14-17-25-15-6-7-16-26-29(27,28)22-13-12-19-8-4-5-11-21(19)18-22;;/h4-5,8,11-13,18,20,23,25-26H,1-3,6-7,9-10,14-17,24H2;2*1H. The highest BCUT2D eigenvalue weighted by Crippen LogP contribution is 2.26. The van der Waals surface area contributed by atoms with E-state index in [2.05, 4.69) is 10.0 Å². The molecule has 176 valence electrons. The van der Waals surface area contributed by atoms with E-state index in [0.717, 1.165) is 43.1 Å². The second-order valence-electron chi connectivity index (χ2n) is 8.21. The minimum Gasteiger partial charge on any atom is -0.327 e. The number of halogens is 2. The Morgan fingerprint density at radius 3 is 2.32 bits per heavy atom. The number of sulfonamides is 1. The van der Waals surface area contributed by atoms with E-state index in [9.17, 15) is 8.42 Å². The van der Waals surface area contributed by atoms with Gasteiger partial charge in [0.25, 0.3) is 0 Å². The predicted molar refractivity (Wildman–Crippen MR) is 135 cm³/mol. The Balaban J connectivity index is 0.00000240. The van der Waals surface area contributed by atoms with Crippen LogP contribution >= 0.6 is 24.8 Å². The first kappa shape index (κ1) is 28.1. The normalized spacial score (nSPS) is 15.8. The number of fused-ring (bicyclic) bond motifs is 1. The highest BCUT2D eigenvalue weighted by atomic mass is 35.5. The molecule has 4 N–H and O–H groups in total. The number of nitrogens with two attached hydrogens (primary N) is 1. The van der Waals surface area contributed by atoms with E-state index >= 15 is 0 Å². The molecule has 0 radical (unpaired) electrons. The summed E-state index contributed by atoms with van der Waals surface area (Å²) in [5, 5.41) is 5.43. The van der Waals surface area contributed by atoms with Gasteiger partial charge in [-0.05, 0) is 74.0 Å². The number of unbranched alkanes of at least 4 members (excludes halogenated alkanes) is 1. The molecular weight excluding hydrogens is 453 g/mol. The number of hydrogen-bond donors (Lipinski definition) is 3. The summed E-state index contributed by atoms with van der Waals surface area (Å²) in [5.74, 6) is 0.704. The summed E-state index contributed by atoms with van der Waals surface area (Å²) in [6.07, 6.45) is 9.40. The van der Waals surface area contributed by atoms with Crippen molar-refractivity contribution >= 4 is 45.6 Å². The van der Waals surface area contributed by atoms with Crippen LogP contribution in [0.1, 0.15) is 51.4 Å². The van der Waals surface area contributed by atoms with Gasteiger partial charge in [0.15, 0.2) is 0 Å². The molecular formula is C23H37Cl2N3O2S. The molecule has 1 atom stereocenters. The third-order valence-corrected chi connectivity index (χ3v) is 7.47. The molecule has 0 aromatic heterocycles. The molecule has 0 heterocycles. The molecule has 3 rings (SSSR count). The first-order valence-electron chi connectivity index (χ1n) is 11.0. The molecule has 1 aliphatic rings. The van der Waals surface area contributed by atoms with E-state index in [1.54, 1.807) is 12.1 Å². The van der Waals surface area contributed by atoms with Crippen molar-refractivity contribution in [1.82, 2.24) is 10.0 Å². The molecule has 1 aliphatic carbocycles. The topological polar surface area (TPSA) is 84.2 Å². The number of nitrogens with one attached hydrogen (secondary N) is 2. The van der Waals surface area contributed by atoms with Crippen LogP contribution in [0.15, 0.2) is 47.4 Å². The fraction of sp³-hybridized carbons (Fsp3) is 0.565. The van der Waals surface area contributed by atoms with Crippen molar-refractivity contribution in [2.24, 2.45) is 11.7 Å². The maximum absolute atomic E-state index is 12.5. The third-order valence-electron chi connectivity index (χ3n) is 6.01. The van der Waals surface area contributed by atoms with Gasteiger partial charge in [0, 0.05) is 12.6 Å². The Kier molecular flexibility index (Phi) is 13.0. The predicted octanol–water partition coefficient (Wildman–Crippen LogP) is 4.63. The van der Waals surface area contributed by atoms with Gasteiger partial charge in [-0.2, -0.15) is 0 Å². The molecule has 0 bridgehead atoms. The zero-order valence-corrected chi connectivity index (χ0v) is 20.5. The van der Waals surface area contributed by atoms with Gasteiger partial charge in [0.05, 0.1) is 4.90 Å². The van der Waals surface area contributed by atoms with Gasteiger partial charge in [-0.3, -0.25) is 0 Å². The van der Waals surface area contributed by atoms with Crippen LogP contribution in [0.5, 0.6) is 0 Å². The minimum absolute atomic E-state index is 0. The van der Waals surface area contributed by atoms with Gasteiger partial charge in [-0.1, -0.05) is 49.6 Å². The lowest BCUT2D eigenvalue weighted by Gasteiger charge is -2.27. The van der Waals surface area contributed by atoms with E-state index in [1.165, 1.54) is 32.1 Å². The lowest BCUT2D eigenvalue weighted by Crippen LogP contribution is -2.35. The Morgan fingerprint density at radius 1 is 0.903 bits per heavy atom. The lowest BCUT2D eigenvalue weighted by molar-refractivity contribution is 0.293. The summed E-state index contributed by atoms with van der Waals surface area (Å²) in [6, 6.07) is 13.3. The summed E-state index contributed by atoms with van der Waals surface area (Å²) in [6.45, 7) is 2.30. The van der Waals surface area contributed by atoms with Crippen LogP contribution in [0.25, 0.3) is 10.8 Å². The largest absolute Gasteiger partial charge is 0.327 e. The van der Waals surface area contributed by atoms with E-state index < -0.39 is 10.0 Å². The van der Waals surface area contributed by atoms with Crippen LogP contribution in [0.3, 0.4) is 0 Å². The maximum Gasteiger partial charge on any atom is 0.240 e. The molecule has 5 nitrogen and oxygen atoms in total. The number of benzene rings is 2. The monoisotopic (exact) mass is 489 g/mol. The molecule has 8 heteroatoms. The van der Waals surface area contributed by atoms with Crippen LogP contribution in [0.4, 0.5) is 0 Å². The Bertz CT molecular complexity index is 874. The van der Waals surface area contributed by atoms with Crippen LogP contribution in [0.2, 0.25) is 0 Å². The molecule has 2 aromatic rings. The summed E-state index contributed by atoms with van der Waals surface area (Å²) in [5.41, 5.74) is 6.33. The zero-order chi connectivity index (χ0) is 20.5. The molecule has 0 spiro atoms. The van der Waals surface area contributed by atoms with Crippen LogP contribution in [-0.2, 0) is 10.0 Å². The van der Waals surface area contributed by atoms with Gasteiger partial charge >= 0.3 is 0 Å². The van der Waals surface area contributed by atoms with Crippen molar-refractivity contribution in [1.29, 1.82) is 0 Å². The van der Waals surface area contributed by atoms with Crippen molar-refractivity contribution in [2.75, 3.05) is 19.6 Å². The first-order chi connectivity index (χ1) is 14.1. The zero-order valence-electron chi connectivity index (χ0n) is 18.1. The van der Waals surface area contributed by atoms with Gasteiger partial charge in [-0.25, -0.2) is 13.1 Å². The van der Waals surface area contributed by atoms with Gasteiger partial charge in [0.2, 0.25) is 10.0 Å². The first-order valence-corrected chi connectivity index (χ1v) is 12.5. The van der Waals surface area contributed by atoms with Crippen molar-refractivity contribution in [2.45, 2.75) is 62.3 Å². The third kappa shape index (κ3) is 8.87. The molecule has 0 amide bonds. The number of rotatable bonds is 11. The van der Waals surface area contributed by atoms with E-state index in [0.29, 0.717) is 23.4 Å². The smallest absolute Gasteiger partial charge is 0.240 e. The fourth-order valence-corrected chi connectivity index (χ4v) is 5.30. The van der Waals surface area contributed by atoms with E-state index in [4.69, 9.17) is 5.73 Å². The van der Waals surface area contributed by atoms with Crippen molar-refractivity contribution < 1.29 is 8.42 Å². The summed E-state index contributed by atoms with van der Waals surface area (Å²) in [4.78, 5) is 0.325. The van der Waals surface area contributed by atoms with Crippen molar-refractivity contribution in [3.8, 4) is 0 Å². The maximum atomic E-state index is 12.5. The molecule has 0 aliphatic heterocycles. The minimum atomic E-state index is -3.46. The SMILES string of the molecule is Cl.Cl.NC(CCNCCCCNS(=O)(=O)c1ccc2ccccc2c1)C1CCCCC1. The highest BCUT2D eigenvalue weighted by Gasteiger charge is 2.19. The summed E-state index contributed by atoms with van der Waals surface area (Å²) in [7, 11) is -3.46. The number of hydrogen-bond acceptors (Lipinski definition) is 4. The Hall–Kier alpha value is -0.890. The summed E-state index contributed by atoms with van der Waals surface area (Å²) < 4.78 is 27.7. The second kappa shape index (κ2) is 14.3. The van der Waals surface area contributed by atoms with Gasteiger partial charge in [-0.15, -0.1) is 24.8 Å². The lowest BCUT2D eigenvalue weighted by atomic mass is 9.83. The molecule has 31 heavy (non-hydrogen) atoms. The second-order valence-corrected chi connectivity index (χ2v) is 9.98. The van der Waals surface area contributed by atoms with Gasteiger partial charge in [0.1, 0.15) is 0 Å². The molecule has 1 fully saturated rings. The van der Waals surface area contributed by atoms with Crippen molar-refractivity contribution in [3.05, 3.63) is 42.5 Å². The summed E-state index contributed by atoms with van der Waals surface area (Å²) >= 11 is 0. The van der Waals surface area contributed by atoms with Crippen LogP contribution in [-0.4, -0.2) is 34.1 Å². The highest BCUT2D eigenvalue weighted by molar-refractivity contribution is 7.89. The van der Waals surface area contributed by atoms with Crippen molar-refractivity contribution in [3.63, 3.8) is 0 Å². The Labute approximate surface area is 199 Å². The molecule has 2 aromatic carbocycles. The molecule has 1 unspecified atom stereocenters. The van der Waals surface area contributed by atoms with Crippen LogP contribution < -0.4 is 15.8 Å². The van der Waals surface area contributed by atoms with E-state index in [-0.39, 0.29) is 24.8 Å². The molecule has 1 saturated carbocycles. The van der Waals surface area contributed by atoms with Crippen LogP contribution in [0, 0.1) is 5.92 Å². The van der Waals surface area contributed by atoms with Gasteiger partial charge < -0.3 is 11.1 Å². The quantitative estimate of drug-likeness (QED) is 0.401.